The van der Waals surface area contributed by atoms with Crippen molar-refractivity contribution in [1.82, 2.24) is 4.90 Å². The van der Waals surface area contributed by atoms with E-state index in [0.29, 0.717) is 26.1 Å². The summed E-state index contributed by atoms with van der Waals surface area (Å²) in [6, 6.07) is 20.2. The van der Waals surface area contributed by atoms with Crippen LogP contribution in [0.25, 0.3) is 0 Å². The van der Waals surface area contributed by atoms with E-state index in [2.05, 4.69) is 0 Å². The monoisotopic (exact) mass is 318 g/mol. The molecule has 3 nitrogen and oxygen atoms in total. The van der Waals surface area contributed by atoms with Gasteiger partial charge < -0.3 is 10.6 Å². The third kappa shape index (κ3) is 5.88. The molecule has 2 rings (SSSR count). The van der Waals surface area contributed by atoms with Gasteiger partial charge in [-0.25, -0.2) is 0 Å². The highest BCUT2D eigenvalue weighted by Crippen LogP contribution is 2.12. The van der Waals surface area contributed by atoms with Crippen molar-refractivity contribution in [2.75, 3.05) is 6.54 Å². The van der Waals surface area contributed by atoms with E-state index in [4.69, 9.17) is 5.73 Å². The van der Waals surface area contributed by atoms with Crippen LogP contribution in [0.5, 0.6) is 0 Å². The fourth-order valence-electron chi connectivity index (χ4n) is 2.25. The lowest BCUT2D eigenvalue weighted by molar-refractivity contribution is -0.132. The molecular formula is C18H23ClN2O. The second-order valence-corrected chi connectivity index (χ2v) is 5.11. The zero-order valence-electron chi connectivity index (χ0n) is 12.7. The largest absolute Gasteiger partial charge is 0.334 e. The van der Waals surface area contributed by atoms with Crippen LogP contribution in [0.4, 0.5) is 0 Å². The summed E-state index contributed by atoms with van der Waals surface area (Å²) in [7, 11) is 0. The normalized spacial score (nSPS) is 9.86. The van der Waals surface area contributed by atoms with Gasteiger partial charge in [-0.15, -0.1) is 12.4 Å². The first kappa shape index (κ1) is 18.2. The summed E-state index contributed by atoms with van der Waals surface area (Å²) in [5.74, 6) is 0.160. The van der Waals surface area contributed by atoms with Gasteiger partial charge in [-0.1, -0.05) is 60.7 Å². The average Bonchev–Trinajstić information content (AvgIpc) is 2.54. The Labute approximate surface area is 138 Å². The zero-order valence-corrected chi connectivity index (χ0v) is 13.5. The van der Waals surface area contributed by atoms with Crippen LogP contribution in [0.15, 0.2) is 60.7 Å². The van der Waals surface area contributed by atoms with Crippen molar-refractivity contribution < 1.29 is 4.79 Å². The quantitative estimate of drug-likeness (QED) is 0.850. The minimum Gasteiger partial charge on any atom is -0.334 e. The fraction of sp³-hybridized carbons (Fsp3) is 0.278. The summed E-state index contributed by atoms with van der Waals surface area (Å²) in [5, 5.41) is 0. The Morgan fingerprint density at radius 3 is 1.73 bits per heavy atom. The number of halogens is 1. The molecule has 0 aromatic heterocycles. The van der Waals surface area contributed by atoms with Crippen LogP contribution in [0.2, 0.25) is 0 Å². The van der Waals surface area contributed by atoms with Gasteiger partial charge in [0.05, 0.1) is 0 Å². The van der Waals surface area contributed by atoms with Gasteiger partial charge in [-0.3, -0.25) is 4.79 Å². The van der Waals surface area contributed by atoms with Crippen molar-refractivity contribution >= 4 is 18.3 Å². The number of nitrogens with zero attached hydrogens (tertiary/aromatic N) is 1. The first-order chi connectivity index (χ1) is 10.3. The number of carbonyl (C=O) groups excluding carboxylic acids is 1. The highest BCUT2D eigenvalue weighted by molar-refractivity contribution is 5.85. The van der Waals surface area contributed by atoms with Crippen LogP contribution in [0.3, 0.4) is 0 Å². The summed E-state index contributed by atoms with van der Waals surface area (Å²) in [4.78, 5) is 14.3. The Kier molecular flexibility index (Phi) is 8.26. The molecule has 0 heterocycles. The van der Waals surface area contributed by atoms with Gasteiger partial charge >= 0.3 is 0 Å². The van der Waals surface area contributed by atoms with Crippen LogP contribution in [0, 0.1) is 0 Å². The molecule has 118 valence electrons. The van der Waals surface area contributed by atoms with Gasteiger partial charge in [0.1, 0.15) is 0 Å². The zero-order chi connectivity index (χ0) is 14.9. The molecule has 2 aromatic carbocycles. The molecule has 4 heteroatoms. The number of hydrogen-bond donors (Lipinski definition) is 1. The molecule has 0 fully saturated rings. The predicted octanol–water partition coefficient (Wildman–Crippen LogP) is 3.38. The number of benzene rings is 2. The minimum atomic E-state index is 0. The van der Waals surface area contributed by atoms with E-state index < -0.39 is 0 Å². The maximum Gasteiger partial charge on any atom is 0.223 e. The van der Waals surface area contributed by atoms with Gasteiger partial charge in [0.2, 0.25) is 5.91 Å². The second-order valence-electron chi connectivity index (χ2n) is 5.11. The highest BCUT2D eigenvalue weighted by Gasteiger charge is 2.13. The molecule has 1 amide bonds. The summed E-state index contributed by atoms with van der Waals surface area (Å²) in [6.45, 7) is 1.83. The number of rotatable bonds is 7. The van der Waals surface area contributed by atoms with Crippen molar-refractivity contribution in [3.8, 4) is 0 Å². The smallest absolute Gasteiger partial charge is 0.223 e. The van der Waals surface area contributed by atoms with Crippen LogP contribution < -0.4 is 5.73 Å². The lowest BCUT2D eigenvalue weighted by Gasteiger charge is -2.23. The van der Waals surface area contributed by atoms with E-state index in [1.165, 1.54) is 0 Å². The number of hydrogen-bond acceptors (Lipinski definition) is 2. The minimum absolute atomic E-state index is 0. The fourth-order valence-corrected chi connectivity index (χ4v) is 2.25. The Bertz CT molecular complexity index is 504. The van der Waals surface area contributed by atoms with Crippen LogP contribution in [-0.4, -0.2) is 17.4 Å². The van der Waals surface area contributed by atoms with Gasteiger partial charge in [0, 0.05) is 19.5 Å². The summed E-state index contributed by atoms with van der Waals surface area (Å²) < 4.78 is 0. The van der Waals surface area contributed by atoms with E-state index in [1.54, 1.807) is 0 Å². The third-order valence-electron chi connectivity index (χ3n) is 3.38. The molecule has 0 saturated carbocycles. The standard InChI is InChI=1S/C18H22N2O.ClH/c19-13-7-12-18(21)20(14-16-8-3-1-4-9-16)15-17-10-5-2-6-11-17;/h1-6,8-11H,7,12-15,19H2;1H. The van der Waals surface area contributed by atoms with Crippen molar-refractivity contribution in [1.29, 1.82) is 0 Å². The average molecular weight is 319 g/mol. The predicted molar refractivity (Wildman–Crippen MR) is 92.7 cm³/mol. The molecule has 0 saturated heterocycles. The number of carbonyl (C=O) groups is 1. The molecule has 0 aliphatic rings. The number of nitrogens with two attached hydrogens (primary N) is 1. The van der Waals surface area contributed by atoms with Gasteiger partial charge in [-0.2, -0.15) is 0 Å². The van der Waals surface area contributed by atoms with Gasteiger partial charge in [0.15, 0.2) is 0 Å². The van der Waals surface area contributed by atoms with E-state index in [-0.39, 0.29) is 18.3 Å². The van der Waals surface area contributed by atoms with Crippen LogP contribution in [-0.2, 0) is 17.9 Å². The van der Waals surface area contributed by atoms with Crippen molar-refractivity contribution in [2.24, 2.45) is 5.73 Å². The molecule has 2 N–H and O–H groups in total. The SMILES string of the molecule is Cl.NCCCC(=O)N(Cc1ccccc1)Cc1ccccc1. The van der Waals surface area contributed by atoms with Crippen LogP contribution >= 0.6 is 12.4 Å². The molecule has 0 aliphatic carbocycles. The van der Waals surface area contributed by atoms with Gasteiger partial charge in [-0.05, 0) is 24.1 Å². The molecule has 2 aromatic rings. The van der Waals surface area contributed by atoms with Crippen molar-refractivity contribution in [2.45, 2.75) is 25.9 Å². The molecular weight excluding hydrogens is 296 g/mol. The highest BCUT2D eigenvalue weighted by atomic mass is 35.5. The van der Waals surface area contributed by atoms with E-state index in [9.17, 15) is 4.79 Å². The molecule has 0 atom stereocenters. The third-order valence-corrected chi connectivity index (χ3v) is 3.38. The maximum atomic E-state index is 12.4. The second kappa shape index (κ2) is 9.98. The summed E-state index contributed by atoms with van der Waals surface area (Å²) in [6.07, 6.45) is 1.25. The molecule has 22 heavy (non-hydrogen) atoms. The Morgan fingerprint density at radius 1 is 0.864 bits per heavy atom. The molecule has 0 unspecified atom stereocenters. The van der Waals surface area contributed by atoms with E-state index >= 15 is 0 Å². The maximum absolute atomic E-state index is 12.4. The van der Waals surface area contributed by atoms with Crippen molar-refractivity contribution in [3.63, 3.8) is 0 Å². The number of amides is 1. The van der Waals surface area contributed by atoms with E-state index in [1.807, 2.05) is 65.6 Å². The molecule has 0 bridgehead atoms. The topological polar surface area (TPSA) is 46.3 Å². The lowest BCUT2D eigenvalue weighted by Crippen LogP contribution is -2.30. The first-order valence-electron chi connectivity index (χ1n) is 7.35. The van der Waals surface area contributed by atoms with Crippen LogP contribution in [0.1, 0.15) is 24.0 Å². The summed E-state index contributed by atoms with van der Waals surface area (Å²) in [5.41, 5.74) is 7.81. The Balaban J connectivity index is 0.00000242. The molecule has 0 aliphatic heterocycles. The summed E-state index contributed by atoms with van der Waals surface area (Å²) >= 11 is 0. The molecule has 0 spiro atoms. The van der Waals surface area contributed by atoms with Crippen molar-refractivity contribution in [3.05, 3.63) is 71.8 Å². The Morgan fingerprint density at radius 2 is 1.32 bits per heavy atom. The van der Waals surface area contributed by atoms with E-state index in [0.717, 1.165) is 17.5 Å². The van der Waals surface area contributed by atoms with Gasteiger partial charge in [0.25, 0.3) is 0 Å². The molecule has 0 radical (unpaired) electrons. The Hall–Kier alpha value is -1.84. The lowest BCUT2D eigenvalue weighted by atomic mass is 10.1. The first-order valence-corrected chi connectivity index (χ1v) is 7.35.